The van der Waals surface area contributed by atoms with Crippen molar-refractivity contribution in [3.63, 3.8) is 0 Å². The standard InChI is InChI=1S/C12H24O2S2/c1-8(2)12(14)9(3)10(13)7-11-15-5-4-6-16-11/h8-14H,4-7H2,1-3H3/t9-,10-,12+/m0/s1. The first-order valence-corrected chi connectivity index (χ1v) is 8.21. The number of hydrogen-bond acceptors (Lipinski definition) is 4. The molecular weight excluding hydrogens is 240 g/mol. The molecule has 1 aliphatic heterocycles. The first-order chi connectivity index (χ1) is 7.52. The Hall–Kier alpha value is 0.620. The highest BCUT2D eigenvalue weighted by atomic mass is 32.2. The molecule has 0 unspecified atom stereocenters. The van der Waals surface area contributed by atoms with E-state index in [0.717, 1.165) is 6.42 Å². The van der Waals surface area contributed by atoms with Crippen molar-refractivity contribution >= 4 is 23.5 Å². The molecule has 1 aliphatic rings. The van der Waals surface area contributed by atoms with Crippen LogP contribution in [0.15, 0.2) is 0 Å². The first kappa shape index (κ1) is 14.7. The minimum atomic E-state index is -0.395. The molecule has 2 N–H and O–H groups in total. The van der Waals surface area contributed by atoms with Crippen LogP contribution in [0.1, 0.15) is 33.6 Å². The Morgan fingerprint density at radius 1 is 1.12 bits per heavy atom. The SMILES string of the molecule is CC(C)[C@@H](O)[C@@H](C)[C@@H](O)CC1SCCCS1. The van der Waals surface area contributed by atoms with E-state index in [1.807, 2.05) is 44.3 Å². The second kappa shape index (κ2) is 7.14. The fraction of sp³-hybridized carbons (Fsp3) is 1.00. The minimum Gasteiger partial charge on any atom is -0.393 e. The average molecular weight is 264 g/mol. The predicted molar refractivity (Wildman–Crippen MR) is 74.0 cm³/mol. The van der Waals surface area contributed by atoms with Crippen LogP contribution in [0, 0.1) is 11.8 Å². The van der Waals surface area contributed by atoms with Crippen molar-refractivity contribution in [2.24, 2.45) is 11.8 Å². The molecule has 0 saturated carbocycles. The van der Waals surface area contributed by atoms with Gasteiger partial charge in [-0.25, -0.2) is 0 Å². The van der Waals surface area contributed by atoms with Crippen LogP contribution in [-0.2, 0) is 0 Å². The van der Waals surface area contributed by atoms with Crippen LogP contribution in [0.3, 0.4) is 0 Å². The lowest BCUT2D eigenvalue weighted by molar-refractivity contribution is -0.00346. The molecule has 0 aromatic heterocycles. The fourth-order valence-corrected chi connectivity index (χ4v) is 4.88. The second-order valence-corrected chi connectivity index (χ2v) is 7.84. The van der Waals surface area contributed by atoms with Gasteiger partial charge in [0.2, 0.25) is 0 Å². The Morgan fingerprint density at radius 3 is 2.19 bits per heavy atom. The fourth-order valence-electron chi connectivity index (χ4n) is 1.92. The summed E-state index contributed by atoms with van der Waals surface area (Å²) < 4.78 is 0.519. The van der Waals surface area contributed by atoms with Gasteiger partial charge in [-0.2, -0.15) is 0 Å². The van der Waals surface area contributed by atoms with Gasteiger partial charge in [-0.3, -0.25) is 0 Å². The van der Waals surface area contributed by atoms with Crippen molar-refractivity contribution < 1.29 is 10.2 Å². The van der Waals surface area contributed by atoms with E-state index in [1.165, 1.54) is 17.9 Å². The topological polar surface area (TPSA) is 40.5 Å². The average Bonchev–Trinajstić information content (AvgIpc) is 2.28. The molecule has 1 saturated heterocycles. The third kappa shape index (κ3) is 4.47. The summed E-state index contributed by atoms with van der Waals surface area (Å²) in [6, 6.07) is 0. The van der Waals surface area contributed by atoms with Crippen molar-refractivity contribution in [2.45, 2.75) is 50.4 Å². The lowest BCUT2D eigenvalue weighted by Crippen LogP contribution is -2.34. The van der Waals surface area contributed by atoms with Crippen LogP contribution in [-0.4, -0.2) is 38.5 Å². The second-order valence-electron chi connectivity index (χ2n) is 4.92. The van der Waals surface area contributed by atoms with Gasteiger partial charge in [0.25, 0.3) is 0 Å². The summed E-state index contributed by atoms with van der Waals surface area (Å²) in [5.74, 6) is 2.62. The number of thioether (sulfide) groups is 2. The lowest BCUT2D eigenvalue weighted by Gasteiger charge is -2.30. The van der Waals surface area contributed by atoms with Gasteiger partial charge in [0.1, 0.15) is 0 Å². The summed E-state index contributed by atoms with van der Waals surface area (Å²) in [5, 5.41) is 20.0. The Balaban J connectivity index is 2.35. The monoisotopic (exact) mass is 264 g/mol. The zero-order chi connectivity index (χ0) is 12.1. The summed E-state index contributed by atoms with van der Waals surface area (Å²) >= 11 is 3.90. The van der Waals surface area contributed by atoms with E-state index in [1.54, 1.807) is 0 Å². The van der Waals surface area contributed by atoms with E-state index in [2.05, 4.69) is 0 Å². The summed E-state index contributed by atoms with van der Waals surface area (Å²) in [4.78, 5) is 0. The maximum atomic E-state index is 10.1. The van der Waals surface area contributed by atoms with Crippen molar-refractivity contribution in [3.8, 4) is 0 Å². The number of aliphatic hydroxyl groups excluding tert-OH is 2. The van der Waals surface area contributed by atoms with Gasteiger partial charge in [0.15, 0.2) is 0 Å². The normalized spacial score (nSPS) is 24.4. The number of hydrogen-bond donors (Lipinski definition) is 2. The zero-order valence-corrected chi connectivity index (χ0v) is 12.1. The molecule has 1 rings (SSSR count). The molecule has 0 aromatic carbocycles. The molecule has 3 atom stereocenters. The van der Waals surface area contributed by atoms with Crippen LogP contribution < -0.4 is 0 Å². The molecule has 0 bridgehead atoms. The Bertz CT molecular complexity index is 193. The first-order valence-electron chi connectivity index (χ1n) is 6.11. The van der Waals surface area contributed by atoms with Gasteiger partial charge in [-0.1, -0.05) is 20.8 Å². The van der Waals surface area contributed by atoms with Crippen molar-refractivity contribution in [2.75, 3.05) is 11.5 Å². The quantitative estimate of drug-likeness (QED) is 0.801. The van der Waals surface area contributed by atoms with E-state index in [4.69, 9.17) is 0 Å². The van der Waals surface area contributed by atoms with E-state index in [-0.39, 0.29) is 17.9 Å². The molecule has 0 spiro atoms. The highest BCUT2D eigenvalue weighted by Gasteiger charge is 2.28. The van der Waals surface area contributed by atoms with Gasteiger partial charge < -0.3 is 10.2 Å². The maximum absolute atomic E-state index is 10.1. The Labute approximate surface area is 108 Å². The smallest absolute Gasteiger partial charge is 0.0613 e. The number of rotatable bonds is 5. The van der Waals surface area contributed by atoms with E-state index in [9.17, 15) is 10.2 Å². The van der Waals surface area contributed by atoms with Crippen LogP contribution >= 0.6 is 23.5 Å². The molecule has 1 fully saturated rings. The van der Waals surface area contributed by atoms with Gasteiger partial charge >= 0.3 is 0 Å². The molecule has 96 valence electrons. The highest BCUT2D eigenvalue weighted by molar-refractivity contribution is 8.17. The summed E-state index contributed by atoms with van der Waals surface area (Å²) in [5.41, 5.74) is 0. The van der Waals surface area contributed by atoms with Crippen LogP contribution in [0.25, 0.3) is 0 Å². The van der Waals surface area contributed by atoms with E-state index < -0.39 is 6.10 Å². The molecular formula is C12H24O2S2. The minimum absolute atomic E-state index is 0.0249. The van der Waals surface area contributed by atoms with Crippen molar-refractivity contribution in [1.82, 2.24) is 0 Å². The molecule has 1 heterocycles. The molecule has 16 heavy (non-hydrogen) atoms. The van der Waals surface area contributed by atoms with Gasteiger partial charge in [-0.15, -0.1) is 23.5 Å². The van der Waals surface area contributed by atoms with Gasteiger partial charge in [-0.05, 0) is 30.3 Å². The largest absolute Gasteiger partial charge is 0.393 e. The van der Waals surface area contributed by atoms with Crippen molar-refractivity contribution in [3.05, 3.63) is 0 Å². The molecule has 4 heteroatoms. The van der Waals surface area contributed by atoms with Crippen LogP contribution in [0.5, 0.6) is 0 Å². The highest BCUT2D eigenvalue weighted by Crippen LogP contribution is 2.35. The molecule has 0 aromatic rings. The van der Waals surface area contributed by atoms with Gasteiger partial charge in [0, 0.05) is 5.92 Å². The van der Waals surface area contributed by atoms with E-state index in [0.29, 0.717) is 4.58 Å². The Morgan fingerprint density at radius 2 is 1.69 bits per heavy atom. The zero-order valence-electron chi connectivity index (χ0n) is 10.4. The summed E-state index contributed by atoms with van der Waals surface area (Å²) in [6.07, 6.45) is 1.32. The summed E-state index contributed by atoms with van der Waals surface area (Å²) in [6.45, 7) is 5.95. The van der Waals surface area contributed by atoms with Gasteiger partial charge in [0.05, 0.1) is 16.8 Å². The third-order valence-electron chi connectivity index (χ3n) is 3.16. The van der Waals surface area contributed by atoms with Crippen LogP contribution in [0.2, 0.25) is 0 Å². The molecule has 0 radical (unpaired) electrons. The predicted octanol–water partition coefficient (Wildman–Crippen LogP) is 2.59. The van der Waals surface area contributed by atoms with E-state index >= 15 is 0 Å². The molecule has 0 aliphatic carbocycles. The summed E-state index contributed by atoms with van der Waals surface area (Å²) in [7, 11) is 0. The van der Waals surface area contributed by atoms with Crippen molar-refractivity contribution in [1.29, 1.82) is 0 Å². The maximum Gasteiger partial charge on any atom is 0.0613 e. The van der Waals surface area contributed by atoms with Crippen LogP contribution in [0.4, 0.5) is 0 Å². The molecule has 0 amide bonds. The third-order valence-corrected chi connectivity index (χ3v) is 6.15. The lowest BCUT2D eigenvalue weighted by atomic mass is 9.89. The molecule has 2 nitrogen and oxygen atoms in total. The Kier molecular flexibility index (Phi) is 6.55. The number of aliphatic hydroxyl groups is 2.